The Morgan fingerprint density at radius 1 is 1.07 bits per heavy atom. The van der Waals surface area contributed by atoms with Gasteiger partial charge in [-0.1, -0.05) is 28.1 Å². The summed E-state index contributed by atoms with van der Waals surface area (Å²) in [5.74, 6) is -0.189. The summed E-state index contributed by atoms with van der Waals surface area (Å²) in [7, 11) is 0. The lowest BCUT2D eigenvalue weighted by molar-refractivity contribution is 0.628. The Morgan fingerprint density at radius 2 is 1.79 bits per heavy atom. The molecule has 0 amide bonds. The van der Waals surface area contributed by atoms with E-state index in [0.29, 0.717) is 0 Å². The lowest BCUT2D eigenvalue weighted by Crippen LogP contribution is -1.73. The fraction of sp³-hybridized carbons (Fsp3) is 0.0909. The molecule has 14 heavy (non-hydrogen) atoms. The van der Waals surface area contributed by atoms with Crippen LogP contribution in [-0.4, -0.2) is 0 Å². The molecule has 0 nitrogen and oxygen atoms in total. The minimum absolute atomic E-state index is 0.189. The SMILES string of the molecule is Fc1ccc(-c2ccc(CBr)s2)cc1. The molecular weight excluding hydrogens is 263 g/mol. The van der Waals surface area contributed by atoms with Crippen molar-refractivity contribution < 1.29 is 4.39 Å². The maximum atomic E-state index is 12.7. The normalized spacial score (nSPS) is 10.4. The predicted octanol–water partition coefficient (Wildman–Crippen LogP) is 4.45. The Morgan fingerprint density at radius 3 is 2.36 bits per heavy atom. The zero-order valence-corrected chi connectivity index (χ0v) is 9.74. The first-order chi connectivity index (χ1) is 6.79. The maximum absolute atomic E-state index is 12.7. The fourth-order valence-electron chi connectivity index (χ4n) is 1.22. The zero-order chi connectivity index (χ0) is 9.97. The Hall–Kier alpha value is -0.670. The average molecular weight is 271 g/mol. The van der Waals surface area contributed by atoms with Gasteiger partial charge in [0.2, 0.25) is 0 Å². The van der Waals surface area contributed by atoms with Crippen molar-refractivity contribution in [2.45, 2.75) is 5.33 Å². The summed E-state index contributed by atoms with van der Waals surface area (Å²) in [4.78, 5) is 2.46. The minimum Gasteiger partial charge on any atom is -0.207 e. The van der Waals surface area contributed by atoms with Crippen LogP contribution in [0.25, 0.3) is 10.4 Å². The van der Waals surface area contributed by atoms with E-state index in [1.165, 1.54) is 21.9 Å². The molecule has 0 bridgehead atoms. The molecule has 0 fully saturated rings. The van der Waals surface area contributed by atoms with E-state index in [-0.39, 0.29) is 5.82 Å². The van der Waals surface area contributed by atoms with Crippen molar-refractivity contribution in [3.8, 4) is 10.4 Å². The maximum Gasteiger partial charge on any atom is 0.123 e. The van der Waals surface area contributed by atoms with E-state index in [1.807, 2.05) is 0 Å². The van der Waals surface area contributed by atoms with E-state index in [4.69, 9.17) is 0 Å². The number of rotatable bonds is 2. The lowest BCUT2D eigenvalue weighted by Gasteiger charge is -1.95. The van der Waals surface area contributed by atoms with Gasteiger partial charge >= 0.3 is 0 Å². The van der Waals surface area contributed by atoms with Crippen LogP contribution in [0.3, 0.4) is 0 Å². The summed E-state index contributed by atoms with van der Waals surface area (Å²) >= 11 is 5.13. The van der Waals surface area contributed by atoms with Gasteiger partial charge in [0.1, 0.15) is 5.82 Å². The minimum atomic E-state index is -0.189. The van der Waals surface area contributed by atoms with Gasteiger partial charge in [0.15, 0.2) is 0 Å². The van der Waals surface area contributed by atoms with Crippen LogP contribution in [0.1, 0.15) is 4.88 Å². The van der Waals surface area contributed by atoms with Crippen molar-refractivity contribution >= 4 is 27.3 Å². The van der Waals surface area contributed by atoms with Gasteiger partial charge in [-0.05, 0) is 29.8 Å². The Bertz CT molecular complexity index is 419. The topological polar surface area (TPSA) is 0 Å². The zero-order valence-electron chi connectivity index (χ0n) is 7.34. The highest BCUT2D eigenvalue weighted by Gasteiger charge is 2.01. The van der Waals surface area contributed by atoms with E-state index in [1.54, 1.807) is 23.5 Å². The lowest BCUT2D eigenvalue weighted by atomic mass is 10.2. The third kappa shape index (κ3) is 2.04. The van der Waals surface area contributed by atoms with Crippen molar-refractivity contribution in [3.63, 3.8) is 0 Å². The highest BCUT2D eigenvalue weighted by molar-refractivity contribution is 9.08. The predicted molar refractivity (Wildman–Crippen MR) is 62.3 cm³/mol. The van der Waals surface area contributed by atoms with E-state index < -0.39 is 0 Å². The first-order valence-corrected chi connectivity index (χ1v) is 6.14. The second-order valence-corrected chi connectivity index (χ2v) is 4.64. The molecule has 0 saturated heterocycles. The standard InChI is InChI=1S/C11H8BrFS/c12-7-10-5-6-11(14-10)8-1-3-9(13)4-2-8/h1-6H,7H2. The van der Waals surface area contributed by atoms with Gasteiger partial charge in [0, 0.05) is 15.1 Å². The van der Waals surface area contributed by atoms with E-state index in [9.17, 15) is 4.39 Å². The molecule has 1 heterocycles. The van der Waals surface area contributed by atoms with Crippen LogP contribution in [0.5, 0.6) is 0 Å². The molecule has 0 aliphatic heterocycles. The number of halogens is 2. The first kappa shape index (κ1) is 9.87. The molecule has 0 unspecified atom stereocenters. The van der Waals surface area contributed by atoms with Gasteiger partial charge in [-0.25, -0.2) is 4.39 Å². The van der Waals surface area contributed by atoms with Gasteiger partial charge in [-0.2, -0.15) is 0 Å². The van der Waals surface area contributed by atoms with Crippen LogP contribution in [0.4, 0.5) is 4.39 Å². The van der Waals surface area contributed by atoms with Crippen LogP contribution in [0.2, 0.25) is 0 Å². The number of benzene rings is 1. The molecule has 0 spiro atoms. The summed E-state index contributed by atoms with van der Waals surface area (Å²) in [6.07, 6.45) is 0. The Balaban J connectivity index is 2.34. The average Bonchev–Trinajstić information content (AvgIpc) is 2.67. The van der Waals surface area contributed by atoms with Crippen molar-refractivity contribution in [1.82, 2.24) is 0 Å². The van der Waals surface area contributed by atoms with Crippen molar-refractivity contribution in [3.05, 3.63) is 47.1 Å². The number of hydrogen-bond donors (Lipinski definition) is 0. The summed E-state index contributed by atoms with van der Waals surface area (Å²) < 4.78 is 12.7. The third-order valence-corrected chi connectivity index (χ3v) is 4.03. The van der Waals surface area contributed by atoms with E-state index in [0.717, 1.165) is 10.9 Å². The summed E-state index contributed by atoms with van der Waals surface area (Å²) in [6, 6.07) is 10.7. The molecule has 72 valence electrons. The van der Waals surface area contributed by atoms with E-state index in [2.05, 4.69) is 28.1 Å². The van der Waals surface area contributed by atoms with Crippen molar-refractivity contribution in [2.24, 2.45) is 0 Å². The summed E-state index contributed by atoms with van der Waals surface area (Å²) in [5, 5.41) is 0.874. The Labute approximate surface area is 94.5 Å². The third-order valence-electron chi connectivity index (χ3n) is 1.92. The fourth-order valence-corrected chi connectivity index (χ4v) is 2.61. The molecule has 2 rings (SSSR count). The molecule has 0 radical (unpaired) electrons. The van der Waals surface area contributed by atoms with Crippen LogP contribution < -0.4 is 0 Å². The van der Waals surface area contributed by atoms with Gasteiger partial charge in [0.25, 0.3) is 0 Å². The smallest absolute Gasteiger partial charge is 0.123 e. The molecule has 0 N–H and O–H groups in total. The first-order valence-electron chi connectivity index (χ1n) is 4.20. The van der Waals surface area contributed by atoms with Crippen LogP contribution in [0.15, 0.2) is 36.4 Å². The van der Waals surface area contributed by atoms with Gasteiger partial charge in [-0.15, -0.1) is 11.3 Å². The molecular formula is C11H8BrFS. The second kappa shape index (κ2) is 4.24. The molecule has 2 aromatic rings. The van der Waals surface area contributed by atoms with Crippen LogP contribution in [0, 0.1) is 5.82 Å². The quantitative estimate of drug-likeness (QED) is 0.708. The number of thiophene rings is 1. The molecule has 3 heteroatoms. The van der Waals surface area contributed by atoms with Gasteiger partial charge < -0.3 is 0 Å². The molecule has 1 aromatic heterocycles. The molecule has 0 aliphatic carbocycles. The number of alkyl halides is 1. The summed E-state index contributed by atoms with van der Waals surface area (Å²) in [5.41, 5.74) is 1.07. The van der Waals surface area contributed by atoms with Gasteiger partial charge in [0.05, 0.1) is 0 Å². The number of hydrogen-bond acceptors (Lipinski definition) is 1. The summed E-state index contributed by atoms with van der Waals surface area (Å²) in [6.45, 7) is 0. The second-order valence-electron chi connectivity index (χ2n) is 2.91. The van der Waals surface area contributed by atoms with Gasteiger partial charge in [-0.3, -0.25) is 0 Å². The Kier molecular flexibility index (Phi) is 2.99. The largest absolute Gasteiger partial charge is 0.207 e. The van der Waals surface area contributed by atoms with Crippen molar-refractivity contribution in [2.75, 3.05) is 0 Å². The highest BCUT2D eigenvalue weighted by atomic mass is 79.9. The molecule has 0 aliphatic rings. The monoisotopic (exact) mass is 270 g/mol. The highest BCUT2D eigenvalue weighted by Crippen LogP contribution is 2.29. The molecule has 0 atom stereocenters. The van der Waals surface area contributed by atoms with Crippen LogP contribution >= 0.6 is 27.3 Å². The van der Waals surface area contributed by atoms with Crippen LogP contribution in [-0.2, 0) is 5.33 Å². The van der Waals surface area contributed by atoms with Crippen molar-refractivity contribution in [1.29, 1.82) is 0 Å². The molecule has 0 saturated carbocycles. The van der Waals surface area contributed by atoms with E-state index >= 15 is 0 Å². The molecule has 1 aromatic carbocycles.